The van der Waals surface area contributed by atoms with E-state index in [-0.39, 0.29) is 0 Å². The van der Waals surface area contributed by atoms with Gasteiger partial charge < -0.3 is 0 Å². The van der Waals surface area contributed by atoms with E-state index in [1.807, 2.05) is 0 Å². The molecular weight excluding hydrogens is 254 g/mol. The zero-order chi connectivity index (χ0) is 13.0. The Labute approximate surface area is 108 Å². The third kappa shape index (κ3) is 2.96. The number of carbonyl (C=O) groups is 1. The zero-order valence-electron chi connectivity index (χ0n) is 9.40. The van der Waals surface area contributed by atoms with Gasteiger partial charge in [-0.1, -0.05) is 24.3 Å². The molecule has 0 bridgehead atoms. The molecule has 0 fully saturated rings. The third-order valence-corrected chi connectivity index (χ3v) is 3.50. The third-order valence-electron chi connectivity index (χ3n) is 2.44. The van der Waals surface area contributed by atoms with Gasteiger partial charge in [-0.25, -0.2) is 8.78 Å². The number of halogens is 2. The van der Waals surface area contributed by atoms with Crippen molar-refractivity contribution in [2.45, 2.75) is 10.6 Å². The molecule has 2 aromatic carbocycles. The van der Waals surface area contributed by atoms with Gasteiger partial charge in [0.25, 0.3) is 0 Å². The van der Waals surface area contributed by atoms with Gasteiger partial charge in [0.15, 0.2) is 11.6 Å². The second-order valence-corrected chi connectivity index (χ2v) is 4.74. The number of hydrogen-bond acceptors (Lipinski definition) is 2. The van der Waals surface area contributed by atoms with E-state index in [0.29, 0.717) is 16.9 Å². The van der Waals surface area contributed by atoms with Crippen molar-refractivity contribution in [2.24, 2.45) is 0 Å². The SMILES string of the molecule is O=Cc1ccc(SCc2cccc(F)c2F)cc1. The number of hydrogen-bond donors (Lipinski definition) is 0. The van der Waals surface area contributed by atoms with E-state index in [0.717, 1.165) is 17.2 Å². The number of thioether (sulfide) groups is 1. The van der Waals surface area contributed by atoms with Crippen LogP contribution in [0.15, 0.2) is 47.4 Å². The highest BCUT2D eigenvalue weighted by atomic mass is 32.2. The predicted octanol–water partition coefficient (Wildman–Crippen LogP) is 4.07. The van der Waals surface area contributed by atoms with Gasteiger partial charge >= 0.3 is 0 Å². The summed E-state index contributed by atoms with van der Waals surface area (Å²) in [7, 11) is 0. The van der Waals surface area contributed by atoms with Crippen LogP contribution in [0.2, 0.25) is 0 Å². The largest absolute Gasteiger partial charge is 0.298 e. The van der Waals surface area contributed by atoms with Crippen molar-refractivity contribution in [3.05, 3.63) is 65.2 Å². The minimum atomic E-state index is -0.829. The van der Waals surface area contributed by atoms with Crippen LogP contribution in [0.4, 0.5) is 8.78 Å². The second-order valence-electron chi connectivity index (χ2n) is 3.69. The molecular formula is C14H10F2OS. The molecule has 1 nitrogen and oxygen atoms in total. The summed E-state index contributed by atoms with van der Waals surface area (Å²) in [5.74, 6) is -1.27. The molecule has 92 valence electrons. The first kappa shape index (κ1) is 12.8. The molecule has 0 saturated heterocycles. The lowest BCUT2D eigenvalue weighted by molar-refractivity contribution is 0.112. The molecule has 0 aromatic heterocycles. The summed E-state index contributed by atoms with van der Waals surface area (Å²) in [5, 5.41) is 0. The normalized spacial score (nSPS) is 10.3. The van der Waals surface area contributed by atoms with E-state index in [9.17, 15) is 13.6 Å². The van der Waals surface area contributed by atoms with E-state index >= 15 is 0 Å². The molecule has 0 unspecified atom stereocenters. The van der Waals surface area contributed by atoms with Crippen LogP contribution in [-0.2, 0) is 5.75 Å². The summed E-state index contributed by atoms with van der Waals surface area (Å²) >= 11 is 1.39. The predicted molar refractivity (Wildman–Crippen MR) is 67.7 cm³/mol. The molecule has 0 radical (unpaired) electrons. The van der Waals surface area contributed by atoms with E-state index in [1.54, 1.807) is 30.3 Å². The molecule has 0 heterocycles. The van der Waals surface area contributed by atoms with Crippen LogP contribution >= 0.6 is 11.8 Å². The zero-order valence-corrected chi connectivity index (χ0v) is 10.2. The Morgan fingerprint density at radius 1 is 1.06 bits per heavy atom. The Kier molecular flexibility index (Phi) is 4.10. The van der Waals surface area contributed by atoms with Gasteiger partial charge in [0.1, 0.15) is 6.29 Å². The van der Waals surface area contributed by atoms with E-state index in [1.165, 1.54) is 17.8 Å². The number of carbonyl (C=O) groups excluding carboxylic acids is 1. The molecule has 0 aliphatic carbocycles. The highest BCUT2D eigenvalue weighted by Crippen LogP contribution is 2.24. The van der Waals surface area contributed by atoms with Gasteiger partial charge in [-0.2, -0.15) is 0 Å². The van der Waals surface area contributed by atoms with Crippen LogP contribution in [0, 0.1) is 11.6 Å². The number of aldehydes is 1. The monoisotopic (exact) mass is 264 g/mol. The van der Waals surface area contributed by atoms with Crippen molar-refractivity contribution in [2.75, 3.05) is 0 Å². The first-order valence-electron chi connectivity index (χ1n) is 5.31. The van der Waals surface area contributed by atoms with Crippen molar-refractivity contribution in [3.8, 4) is 0 Å². The van der Waals surface area contributed by atoms with Crippen molar-refractivity contribution < 1.29 is 13.6 Å². The van der Waals surface area contributed by atoms with Crippen LogP contribution in [0.5, 0.6) is 0 Å². The summed E-state index contributed by atoms with van der Waals surface area (Å²) in [6.07, 6.45) is 0.765. The van der Waals surface area contributed by atoms with Crippen LogP contribution in [0.1, 0.15) is 15.9 Å². The maximum absolute atomic E-state index is 13.4. The highest BCUT2D eigenvalue weighted by molar-refractivity contribution is 7.98. The molecule has 2 rings (SSSR count). The van der Waals surface area contributed by atoms with E-state index in [4.69, 9.17) is 0 Å². The lowest BCUT2D eigenvalue weighted by Crippen LogP contribution is -1.91. The van der Waals surface area contributed by atoms with Crippen molar-refractivity contribution in [1.82, 2.24) is 0 Å². The van der Waals surface area contributed by atoms with Gasteiger partial charge in [0.05, 0.1) is 0 Å². The average molecular weight is 264 g/mol. The Morgan fingerprint density at radius 3 is 2.44 bits per heavy atom. The molecule has 4 heteroatoms. The minimum Gasteiger partial charge on any atom is -0.298 e. The van der Waals surface area contributed by atoms with E-state index < -0.39 is 11.6 Å². The standard InChI is InChI=1S/C14H10F2OS/c15-13-3-1-2-11(14(13)16)9-18-12-6-4-10(8-17)5-7-12/h1-8H,9H2. The maximum atomic E-state index is 13.4. The van der Waals surface area contributed by atoms with Crippen molar-refractivity contribution in [3.63, 3.8) is 0 Å². The summed E-state index contributed by atoms with van der Waals surface area (Å²) in [4.78, 5) is 11.4. The first-order valence-corrected chi connectivity index (χ1v) is 6.30. The average Bonchev–Trinajstić information content (AvgIpc) is 2.41. The van der Waals surface area contributed by atoms with Crippen LogP contribution in [-0.4, -0.2) is 6.29 Å². The Balaban J connectivity index is 2.06. The molecule has 0 atom stereocenters. The Bertz CT molecular complexity index is 552. The molecule has 2 aromatic rings. The van der Waals surface area contributed by atoms with Gasteiger partial charge in [-0.15, -0.1) is 11.8 Å². The van der Waals surface area contributed by atoms with Crippen LogP contribution in [0.3, 0.4) is 0 Å². The number of rotatable bonds is 4. The summed E-state index contributed by atoms with van der Waals surface area (Å²) < 4.78 is 26.4. The fourth-order valence-electron chi connectivity index (χ4n) is 1.46. The molecule has 0 spiro atoms. The Morgan fingerprint density at radius 2 is 1.78 bits per heavy atom. The van der Waals surface area contributed by atoms with Gasteiger partial charge in [0.2, 0.25) is 0 Å². The molecule has 18 heavy (non-hydrogen) atoms. The van der Waals surface area contributed by atoms with Gasteiger partial charge in [-0.3, -0.25) is 4.79 Å². The Hall–Kier alpha value is -1.68. The smallest absolute Gasteiger partial charge is 0.162 e. The van der Waals surface area contributed by atoms with Crippen molar-refractivity contribution >= 4 is 18.0 Å². The fourth-order valence-corrected chi connectivity index (χ4v) is 2.34. The van der Waals surface area contributed by atoms with Gasteiger partial charge in [-0.05, 0) is 18.2 Å². The highest BCUT2D eigenvalue weighted by Gasteiger charge is 2.07. The molecule has 0 saturated carbocycles. The molecule has 0 amide bonds. The molecule has 0 aliphatic rings. The minimum absolute atomic E-state index is 0.333. The molecule has 0 aliphatic heterocycles. The van der Waals surface area contributed by atoms with Crippen LogP contribution < -0.4 is 0 Å². The molecule has 0 N–H and O–H groups in total. The van der Waals surface area contributed by atoms with E-state index in [2.05, 4.69) is 0 Å². The lowest BCUT2D eigenvalue weighted by Gasteiger charge is -2.04. The summed E-state index contributed by atoms with van der Waals surface area (Å²) in [6.45, 7) is 0. The number of benzene rings is 2. The van der Waals surface area contributed by atoms with Crippen LogP contribution in [0.25, 0.3) is 0 Å². The first-order chi connectivity index (χ1) is 8.70. The maximum Gasteiger partial charge on any atom is 0.162 e. The van der Waals surface area contributed by atoms with Crippen molar-refractivity contribution in [1.29, 1.82) is 0 Å². The summed E-state index contributed by atoms with van der Waals surface area (Å²) in [5.41, 5.74) is 0.927. The topological polar surface area (TPSA) is 17.1 Å². The van der Waals surface area contributed by atoms with Gasteiger partial charge in [0, 0.05) is 21.8 Å². The summed E-state index contributed by atoms with van der Waals surface area (Å²) in [6, 6.07) is 11.1. The fraction of sp³-hybridized carbons (Fsp3) is 0.0714. The lowest BCUT2D eigenvalue weighted by atomic mass is 10.2. The quantitative estimate of drug-likeness (QED) is 0.611. The second kappa shape index (κ2) is 5.78.